The molecule has 253 valence electrons. The maximum absolute atomic E-state index is 7.75. The Bertz CT molecular complexity index is 1140. The predicted octanol–water partition coefficient (Wildman–Crippen LogP) is 8.12. The minimum atomic E-state index is -0.348. The average Bonchev–Trinajstić information content (AvgIpc) is 3.07. The van der Waals surface area contributed by atoms with Gasteiger partial charge in [0.1, 0.15) is 0 Å². The van der Waals surface area contributed by atoms with Crippen LogP contribution in [0.2, 0.25) is 0 Å². The van der Waals surface area contributed by atoms with Gasteiger partial charge in [0.15, 0.2) is 0 Å². The van der Waals surface area contributed by atoms with Gasteiger partial charge in [-0.3, -0.25) is 6.79 Å². The predicted molar refractivity (Wildman–Crippen MR) is 194 cm³/mol. The second-order valence-electron chi connectivity index (χ2n) is 11.3. The number of rotatable bonds is 7. The summed E-state index contributed by atoms with van der Waals surface area (Å²) in [6.07, 6.45) is 2.41. The Morgan fingerprint density at radius 1 is 0.489 bits per heavy atom. The van der Waals surface area contributed by atoms with Gasteiger partial charge in [0.2, 0.25) is 0 Å². The van der Waals surface area contributed by atoms with E-state index in [0.717, 1.165) is 8.58 Å². The van der Waals surface area contributed by atoms with Crippen LogP contribution in [0.4, 0.5) is 0 Å². The second-order valence-corrected chi connectivity index (χ2v) is 19.2. The van der Waals surface area contributed by atoms with Gasteiger partial charge in [-0.1, -0.05) is 163 Å². The van der Waals surface area contributed by atoms with Crippen LogP contribution in [-0.2, 0) is 55.3 Å². The summed E-state index contributed by atoms with van der Waals surface area (Å²) in [7, 11) is 0.355. The summed E-state index contributed by atoms with van der Waals surface area (Å²) in [5, 5.41) is 6.91. The first kappa shape index (κ1) is 52.0. The second kappa shape index (κ2) is 31.5. The van der Waals surface area contributed by atoms with Crippen LogP contribution < -0.4 is 21.2 Å². The third-order valence-corrected chi connectivity index (χ3v) is 12.4. The van der Waals surface area contributed by atoms with E-state index in [9.17, 15) is 0 Å². The largest absolute Gasteiger partial charge is 0.545 e. The fourth-order valence-electron chi connectivity index (χ4n) is 4.57. The molecule has 0 unspecified atom stereocenters. The number of carbonyl (C=O) groups excluding carboxylic acids is 1. The quantitative estimate of drug-likeness (QED) is 0.0611. The van der Waals surface area contributed by atoms with Gasteiger partial charge in [0.25, 0.3) is 0 Å². The molecule has 47 heavy (non-hydrogen) atoms. The van der Waals surface area contributed by atoms with Crippen LogP contribution in [0.1, 0.15) is 41.5 Å². The first-order valence-corrected chi connectivity index (χ1v) is 18.1. The average molecular weight is 816 g/mol. The topological polar surface area (TPSA) is 76.8 Å². The molecule has 4 aromatic carbocycles. The molecule has 0 N–H and O–H groups in total. The molecule has 0 aliphatic rings. The van der Waals surface area contributed by atoms with Crippen LogP contribution in [0.3, 0.4) is 0 Å². The molecule has 0 heterocycles. The molecule has 0 spiro atoms. The van der Waals surface area contributed by atoms with Crippen molar-refractivity contribution in [1.82, 2.24) is 0 Å². The molecule has 4 rings (SSSR count). The van der Waals surface area contributed by atoms with Crippen LogP contribution in [-0.4, -0.2) is 29.4 Å². The van der Waals surface area contributed by atoms with Gasteiger partial charge in [0.05, 0.1) is 0 Å². The van der Waals surface area contributed by atoms with E-state index < -0.39 is 0 Å². The van der Waals surface area contributed by atoms with Crippen molar-refractivity contribution < 1.29 is 55.3 Å². The Kier molecular flexibility index (Phi) is 34.8. The first-order valence-electron chi connectivity index (χ1n) is 14.0. The SMILES string of the molecule is CC(C)(C)PC(C)(C)C.[C-]#[O+].[C-]#[O+].[C-]#[O+].[CH-]=O.[Fe].[Rh].c1ccc(P(CCP(c2ccccc2)c2ccccc2)c2ccccc2)cc1. The van der Waals surface area contributed by atoms with E-state index in [-0.39, 0.29) is 52.4 Å². The zero-order chi connectivity index (χ0) is 34.7. The number of hydrogen-bond donors (Lipinski definition) is 0. The van der Waals surface area contributed by atoms with Gasteiger partial charge in [-0.15, -0.1) is 8.58 Å². The van der Waals surface area contributed by atoms with Crippen LogP contribution in [0.25, 0.3) is 0 Å². The van der Waals surface area contributed by atoms with Crippen molar-refractivity contribution in [2.45, 2.75) is 51.9 Å². The summed E-state index contributed by atoms with van der Waals surface area (Å²) in [5.41, 5.74) is 0. The van der Waals surface area contributed by atoms with E-state index in [1.807, 2.05) is 0 Å². The molecule has 0 aromatic heterocycles. The Morgan fingerprint density at radius 2 is 0.660 bits per heavy atom. The third kappa shape index (κ3) is 24.1. The Labute approximate surface area is 311 Å². The van der Waals surface area contributed by atoms with Gasteiger partial charge in [-0.25, -0.2) is 0 Å². The molecule has 1 radical (unpaired) electrons. The fraction of sp³-hybridized carbons (Fsp3) is 0.263. The zero-order valence-electron chi connectivity index (χ0n) is 27.8. The van der Waals surface area contributed by atoms with E-state index >= 15 is 0 Å². The van der Waals surface area contributed by atoms with Crippen molar-refractivity contribution in [3.05, 3.63) is 141 Å². The Morgan fingerprint density at radius 3 is 0.787 bits per heavy atom. The number of hydrogen-bond acceptors (Lipinski definition) is 1. The van der Waals surface area contributed by atoms with Crippen molar-refractivity contribution in [2.75, 3.05) is 12.3 Å². The monoisotopic (exact) mass is 816 g/mol. The minimum Gasteiger partial charge on any atom is -0.545 e. The molecule has 0 saturated heterocycles. The molecule has 0 fully saturated rings. The van der Waals surface area contributed by atoms with E-state index in [0.29, 0.717) is 10.3 Å². The van der Waals surface area contributed by atoms with E-state index in [2.05, 4.69) is 190 Å². The van der Waals surface area contributed by atoms with Gasteiger partial charge in [-0.05, 0) is 59.7 Å². The van der Waals surface area contributed by atoms with Gasteiger partial charge >= 0.3 is 33.9 Å². The summed E-state index contributed by atoms with van der Waals surface area (Å²) in [4.78, 5) is 7.75. The third-order valence-electron chi connectivity index (χ3n) is 5.57. The Hall–Kier alpha value is -1.80. The van der Waals surface area contributed by atoms with Crippen molar-refractivity contribution in [3.8, 4) is 0 Å². The van der Waals surface area contributed by atoms with E-state index in [4.69, 9.17) is 18.8 Å². The molecular formula is C38H44FeO4P3Rh-. The van der Waals surface area contributed by atoms with Crippen molar-refractivity contribution in [1.29, 1.82) is 0 Å². The van der Waals surface area contributed by atoms with Crippen LogP contribution >= 0.6 is 24.4 Å². The summed E-state index contributed by atoms with van der Waals surface area (Å²) < 4.78 is 22.5. The van der Waals surface area contributed by atoms with Gasteiger partial charge in [0, 0.05) is 36.5 Å². The summed E-state index contributed by atoms with van der Waals surface area (Å²) in [6, 6.07) is 44.2. The van der Waals surface area contributed by atoms with Gasteiger partial charge < -0.3 is 4.79 Å². The molecule has 0 saturated carbocycles. The molecule has 0 aliphatic carbocycles. The first-order chi connectivity index (χ1) is 21.6. The van der Waals surface area contributed by atoms with Crippen LogP contribution in [0, 0.1) is 20.0 Å². The van der Waals surface area contributed by atoms with E-state index in [1.165, 1.54) is 33.5 Å². The van der Waals surface area contributed by atoms with Crippen LogP contribution in [0.5, 0.6) is 0 Å². The number of benzene rings is 4. The molecule has 4 nitrogen and oxygen atoms in total. The van der Waals surface area contributed by atoms with Crippen molar-refractivity contribution >= 4 is 52.4 Å². The standard InChI is InChI=1S/C26H24P2.C8H19P.CHO.3CO.Fe.Rh/c1-5-13-23(14-6-1)27(24-15-7-2-8-16-24)21-22-28(25-17-9-3-10-18-25)26-19-11-4-12-20-26;1-7(2,3)9-8(4,5)6;4*1-2;;/h1-20H,21-22H2;9H,1-6H3;1H;;;;;/q;;-1;;;;;. The molecule has 0 atom stereocenters. The molecule has 0 bridgehead atoms. The fourth-order valence-corrected chi connectivity index (χ4v) is 12.2. The van der Waals surface area contributed by atoms with Crippen molar-refractivity contribution in [3.63, 3.8) is 0 Å². The van der Waals surface area contributed by atoms with Gasteiger partial charge in [-0.2, -0.15) is 0 Å². The Balaban J connectivity index is -0.000000415. The maximum Gasteiger partial charge on any atom is 0 e. The summed E-state index contributed by atoms with van der Waals surface area (Å²) in [5.74, 6) is 0. The van der Waals surface area contributed by atoms with Crippen molar-refractivity contribution in [2.24, 2.45) is 0 Å². The molecule has 0 amide bonds. The summed E-state index contributed by atoms with van der Waals surface area (Å²) >= 11 is 0. The minimum absolute atomic E-state index is 0. The molecule has 0 aliphatic heterocycles. The molecule has 9 heteroatoms. The maximum atomic E-state index is 7.75. The molecule has 4 aromatic rings. The van der Waals surface area contributed by atoms with E-state index in [1.54, 1.807) is 0 Å². The summed E-state index contributed by atoms with van der Waals surface area (Å²) in [6.45, 7) is 30.6. The normalized spacial score (nSPS) is 9.49. The molecular weight excluding hydrogens is 772 g/mol. The zero-order valence-corrected chi connectivity index (χ0v) is 33.3. The smallest absolute Gasteiger partial charge is 0 e. The van der Waals surface area contributed by atoms with Crippen LogP contribution in [0.15, 0.2) is 121 Å².